The Labute approximate surface area is 60.8 Å². The molecule has 0 aliphatic heterocycles. The van der Waals surface area contributed by atoms with Crippen LogP contribution < -0.4 is 0 Å². The largest absolute Gasteiger partial charge is 0.410 e. The fourth-order valence-electron chi connectivity index (χ4n) is 0.567. The Morgan fingerprint density at radius 2 is 2.09 bits per heavy atom. The van der Waals surface area contributed by atoms with Gasteiger partial charge in [0, 0.05) is 0 Å². The van der Waals surface area contributed by atoms with Crippen LogP contribution in [0.15, 0.2) is 12.7 Å². The van der Waals surface area contributed by atoms with Crippen LogP contribution in [0.5, 0.6) is 0 Å². The molecule has 0 bridgehead atoms. The van der Waals surface area contributed by atoms with Crippen molar-refractivity contribution in [3.05, 3.63) is 12.7 Å². The number of nitrogens with zero attached hydrogens (tertiary/aromatic N) is 3. The minimum absolute atomic E-state index is 0.764. The molecule has 0 fully saturated rings. The predicted octanol–water partition coefficient (Wildman–Crippen LogP) is 1.40. The first-order valence-corrected chi connectivity index (χ1v) is 2.92. The highest BCUT2D eigenvalue weighted by molar-refractivity contribution is 4.70. The molecular formula is C5H6F3N3. The van der Waals surface area contributed by atoms with Crippen LogP contribution in [-0.4, -0.2) is 20.9 Å². The molecule has 0 radical (unpaired) electrons. The zero-order valence-electron chi connectivity index (χ0n) is 5.71. The van der Waals surface area contributed by atoms with Crippen LogP contribution >= 0.6 is 0 Å². The fraction of sp³-hybridized carbons (Fsp3) is 0.600. The van der Waals surface area contributed by atoms with Crippen molar-refractivity contribution >= 4 is 0 Å². The van der Waals surface area contributed by atoms with Gasteiger partial charge in [-0.2, -0.15) is 18.3 Å². The molecule has 0 amide bonds. The first-order chi connectivity index (χ1) is 5.02. The Morgan fingerprint density at radius 3 is 2.45 bits per heavy atom. The third kappa shape index (κ3) is 1.69. The summed E-state index contributed by atoms with van der Waals surface area (Å²) in [5.41, 5.74) is 0. The van der Waals surface area contributed by atoms with Gasteiger partial charge in [0.25, 0.3) is 0 Å². The Hall–Kier alpha value is -1.07. The summed E-state index contributed by atoms with van der Waals surface area (Å²) in [4.78, 5) is 3.41. The Bertz CT molecular complexity index is 215. The molecule has 1 atom stereocenters. The van der Waals surface area contributed by atoms with Gasteiger partial charge in [0.1, 0.15) is 18.7 Å². The lowest BCUT2D eigenvalue weighted by Crippen LogP contribution is -2.23. The Kier molecular flexibility index (Phi) is 1.84. The van der Waals surface area contributed by atoms with E-state index in [9.17, 15) is 13.2 Å². The molecule has 0 aliphatic carbocycles. The van der Waals surface area contributed by atoms with Crippen molar-refractivity contribution in [1.29, 1.82) is 0 Å². The second-order valence-electron chi connectivity index (χ2n) is 2.09. The summed E-state index contributed by atoms with van der Waals surface area (Å²) in [7, 11) is 0. The lowest BCUT2D eigenvalue weighted by atomic mass is 10.3. The summed E-state index contributed by atoms with van der Waals surface area (Å²) in [6.45, 7) is 1.02. The fourth-order valence-corrected chi connectivity index (χ4v) is 0.567. The van der Waals surface area contributed by atoms with E-state index in [1.807, 2.05) is 0 Å². The molecule has 1 aromatic heterocycles. The van der Waals surface area contributed by atoms with Crippen molar-refractivity contribution in [2.75, 3.05) is 0 Å². The van der Waals surface area contributed by atoms with E-state index >= 15 is 0 Å². The number of halogens is 3. The Balaban J connectivity index is 2.78. The molecule has 0 aliphatic rings. The van der Waals surface area contributed by atoms with Crippen LogP contribution in [0.25, 0.3) is 0 Å². The number of hydrogen-bond acceptors (Lipinski definition) is 2. The van der Waals surface area contributed by atoms with Gasteiger partial charge < -0.3 is 0 Å². The van der Waals surface area contributed by atoms with Crippen molar-refractivity contribution in [3.8, 4) is 0 Å². The van der Waals surface area contributed by atoms with E-state index < -0.39 is 12.2 Å². The molecular weight excluding hydrogens is 159 g/mol. The minimum atomic E-state index is -4.26. The normalized spacial score (nSPS) is 14.9. The number of hydrogen-bond donors (Lipinski definition) is 0. The van der Waals surface area contributed by atoms with E-state index in [4.69, 9.17) is 0 Å². The van der Waals surface area contributed by atoms with Crippen molar-refractivity contribution in [2.24, 2.45) is 0 Å². The number of alkyl halides is 3. The van der Waals surface area contributed by atoms with Crippen LogP contribution in [-0.2, 0) is 0 Å². The highest BCUT2D eigenvalue weighted by Crippen LogP contribution is 2.28. The molecule has 1 rings (SSSR count). The lowest BCUT2D eigenvalue weighted by Gasteiger charge is -2.14. The average Bonchev–Trinajstić information content (AvgIpc) is 2.34. The van der Waals surface area contributed by atoms with E-state index in [-0.39, 0.29) is 0 Å². The molecule has 11 heavy (non-hydrogen) atoms. The van der Waals surface area contributed by atoms with E-state index in [0.717, 1.165) is 24.3 Å². The quantitative estimate of drug-likeness (QED) is 0.629. The van der Waals surface area contributed by atoms with Gasteiger partial charge in [0.05, 0.1) is 0 Å². The molecule has 0 aromatic carbocycles. The maximum atomic E-state index is 11.9. The van der Waals surface area contributed by atoms with Gasteiger partial charge in [0.2, 0.25) is 0 Å². The predicted molar refractivity (Wildman–Crippen MR) is 30.8 cm³/mol. The number of aromatic nitrogens is 3. The molecule has 0 saturated heterocycles. The zero-order valence-corrected chi connectivity index (χ0v) is 5.71. The van der Waals surface area contributed by atoms with Crippen molar-refractivity contribution < 1.29 is 13.2 Å². The van der Waals surface area contributed by atoms with Gasteiger partial charge in [-0.25, -0.2) is 9.67 Å². The standard InChI is InChI=1S/C5H6F3N3/c1-4(5(6,7)8)11-3-9-2-10-11/h2-4H,1H3. The summed E-state index contributed by atoms with van der Waals surface area (Å²) in [6.07, 6.45) is -2.14. The summed E-state index contributed by atoms with van der Waals surface area (Å²) in [5.74, 6) is 0. The van der Waals surface area contributed by atoms with Crippen LogP contribution in [0.4, 0.5) is 13.2 Å². The van der Waals surface area contributed by atoms with Gasteiger partial charge in [-0.05, 0) is 6.92 Å². The highest BCUT2D eigenvalue weighted by atomic mass is 19.4. The number of rotatable bonds is 1. The van der Waals surface area contributed by atoms with Crippen LogP contribution in [0, 0.1) is 0 Å². The molecule has 3 nitrogen and oxygen atoms in total. The van der Waals surface area contributed by atoms with Gasteiger partial charge in [-0.1, -0.05) is 0 Å². The molecule has 1 heterocycles. The van der Waals surface area contributed by atoms with Crippen molar-refractivity contribution in [2.45, 2.75) is 19.1 Å². The minimum Gasteiger partial charge on any atom is -0.241 e. The molecule has 62 valence electrons. The van der Waals surface area contributed by atoms with Crippen LogP contribution in [0.1, 0.15) is 13.0 Å². The summed E-state index contributed by atoms with van der Waals surface area (Å²) < 4.78 is 36.5. The topological polar surface area (TPSA) is 30.7 Å². The third-order valence-electron chi connectivity index (χ3n) is 1.31. The zero-order chi connectivity index (χ0) is 8.48. The first kappa shape index (κ1) is 8.03. The van der Waals surface area contributed by atoms with Crippen molar-refractivity contribution in [1.82, 2.24) is 14.8 Å². The summed E-state index contributed by atoms with van der Waals surface area (Å²) in [5, 5.41) is 3.37. The Morgan fingerprint density at radius 1 is 1.45 bits per heavy atom. The van der Waals surface area contributed by atoms with Gasteiger partial charge >= 0.3 is 6.18 Å². The third-order valence-corrected chi connectivity index (χ3v) is 1.31. The monoisotopic (exact) mass is 165 g/mol. The van der Waals surface area contributed by atoms with E-state index in [1.165, 1.54) is 0 Å². The second kappa shape index (κ2) is 2.52. The second-order valence-corrected chi connectivity index (χ2v) is 2.09. The summed E-state index contributed by atoms with van der Waals surface area (Å²) in [6, 6.07) is -1.61. The van der Waals surface area contributed by atoms with Gasteiger partial charge in [-0.3, -0.25) is 0 Å². The molecule has 1 aromatic rings. The van der Waals surface area contributed by atoms with E-state index in [1.54, 1.807) is 0 Å². The molecule has 0 N–H and O–H groups in total. The van der Waals surface area contributed by atoms with E-state index in [0.29, 0.717) is 0 Å². The lowest BCUT2D eigenvalue weighted by molar-refractivity contribution is -0.165. The highest BCUT2D eigenvalue weighted by Gasteiger charge is 2.37. The SMILES string of the molecule is CC(n1cncn1)C(F)(F)F. The van der Waals surface area contributed by atoms with E-state index in [2.05, 4.69) is 10.1 Å². The smallest absolute Gasteiger partial charge is 0.241 e. The maximum Gasteiger partial charge on any atom is 0.410 e. The molecule has 0 spiro atoms. The summed E-state index contributed by atoms with van der Waals surface area (Å²) >= 11 is 0. The average molecular weight is 165 g/mol. The van der Waals surface area contributed by atoms with Crippen LogP contribution in [0.3, 0.4) is 0 Å². The van der Waals surface area contributed by atoms with Gasteiger partial charge in [0.15, 0.2) is 0 Å². The molecule has 0 saturated carbocycles. The molecule has 6 heteroatoms. The van der Waals surface area contributed by atoms with Crippen molar-refractivity contribution in [3.63, 3.8) is 0 Å². The molecule has 1 unspecified atom stereocenters. The maximum absolute atomic E-state index is 11.9. The first-order valence-electron chi connectivity index (χ1n) is 2.92. The van der Waals surface area contributed by atoms with Crippen LogP contribution in [0.2, 0.25) is 0 Å². The van der Waals surface area contributed by atoms with Gasteiger partial charge in [-0.15, -0.1) is 0 Å².